The molecule has 0 spiro atoms. The van der Waals surface area contributed by atoms with E-state index < -0.39 is 12.1 Å². The quantitative estimate of drug-likeness (QED) is 0.380. The van der Waals surface area contributed by atoms with Gasteiger partial charge in [-0.1, -0.05) is 73.3 Å². The Balaban J connectivity index is 1.59. The Kier molecular flexibility index (Phi) is 8.02. The van der Waals surface area contributed by atoms with Crippen LogP contribution in [0.1, 0.15) is 22.3 Å². The first-order chi connectivity index (χ1) is 15.0. The van der Waals surface area contributed by atoms with E-state index in [1.165, 1.54) is 0 Å². The molecule has 160 valence electrons. The van der Waals surface area contributed by atoms with E-state index in [1.807, 2.05) is 85.8 Å². The molecule has 0 heterocycles. The van der Waals surface area contributed by atoms with E-state index in [0.29, 0.717) is 18.4 Å². The molecule has 0 saturated heterocycles. The standard InChI is InChI=1S/C27H28O4/c1-20-10-9-13-23(17-24(28)19-30-25-14-7-4-8-15-25)26(20)16-21(2)27(29)31-18-22-11-5-3-6-12-22/h3-15,24,28H,2,16-19H2,1H3. The number of ether oxygens (including phenoxy) is 2. The first kappa shape index (κ1) is 22.3. The fourth-order valence-corrected chi connectivity index (χ4v) is 3.34. The highest BCUT2D eigenvalue weighted by atomic mass is 16.5. The number of aryl methyl sites for hydroxylation is 1. The highest BCUT2D eigenvalue weighted by Crippen LogP contribution is 2.21. The van der Waals surface area contributed by atoms with E-state index in [1.54, 1.807) is 0 Å². The molecule has 3 rings (SSSR count). The van der Waals surface area contributed by atoms with E-state index >= 15 is 0 Å². The summed E-state index contributed by atoms with van der Waals surface area (Å²) in [6.07, 6.45) is 0.136. The first-order valence-corrected chi connectivity index (χ1v) is 10.3. The molecule has 0 aromatic heterocycles. The average Bonchev–Trinajstić information content (AvgIpc) is 2.79. The van der Waals surface area contributed by atoms with Crippen molar-refractivity contribution in [3.63, 3.8) is 0 Å². The third-order valence-electron chi connectivity index (χ3n) is 5.04. The lowest BCUT2D eigenvalue weighted by Gasteiger charge is -2.17. The van der Waals surface area contributed by atoms with Crippen LogP contribution in [-0.4, -0.2) is 23.8 Å². The van der Waals surface area contributed by atoms with E-state index in [4.69, 9.17) is 9.47 Å². The van der Waals surface area contributed by atoms with Gasteiger partial charge in [-0.05, 0) is 41.3 Å². The molecule has 4 heteroatoms. The fraction of sp³-hybridized carbons (Fsp3) is 0.222. The Labute approximate surface area is 183 Å². The Morgan fingerprint density at radius 1 is 0.968 bits per heavy atom. The van der Waals surface area contributed by atoms with Gasteiger partial charge >= 0.3 is 5.97 Å². The maximum Gasteiger partial charge on any atom is 0.334 e. The van der Waals surface area contributed by atoms with Crippen molar-refractivity contribution in [2.75, 3.05) is 6.61 Å². The van der Waals surface area contributed by atoms with Crippen molar-refractivity contribution in [2.45, 2.75) is 32.5 Å². The van der Waals surface area contributed by atoms with Gasteiger partial charge in [0.1, 0.15) is 19.0 Å². The first-order valence-electron chi connectivity index (χ1n) is 10.3. The predicted octanol–water partition coefficient (Wildman–Crippen LogP) is 4.82. The van der Waals surface area contributed by atoms with Gasteiger partial charge in [0.25, 0.3) is 0 Å². The molecule has 0 aliphatic carbocycles. The van der Waals surface area contributed by atoms with Crippen LogP contribution < -0.4 is 4.74 Å². The van der Waals surface area contributed by atoms with Crippen LogP contribution in [-0.2, 0) is 29.0 Å². The SMILES string of the molecule is C=C(Cc1c(C)cccc1CC(O)COc1ccccc1)C(=O)OCc1ccccc1. The number of hydrogen-bond acceptors (Lipinski definition) is 4. The zero-order chi connectivity index (χ0) is 22.1. The summed E-state index contributed by atoms with van der Waals surface area (Å²) in [5, 5.41) is 10.5. The Morgan fingerprint density at radius 3 is 2.35 bits per heavy atom. The summed E-state index contributed by atoms with van der Waals surface area (Å²) in [6, 6.07) is 24.9. The number of benzene rings is 3. The molecule has 0 radical (unpaired) electrons. The lowest BCUT2D eigenvalue weighted by molar-refractivity contribution is -0.140. The number of rotatable bonds is 10. The number of carbonyl (C=O) groups excluding carboxylic acids is 1. The number of para-hydroxylation sites is 1. The molecular formula is C27H28O4. The van der Waals surface area contributed by atoms with Crippen LogP contribution in [0.5, 0.6) is 5.75 Å². The van der Waals surface area contributed by atoms with Crippen LogP contribution in [0, 0.1) is 6.92 Å². The van der Waals surface area contributed by atoms with Crippen LogP contribution >= 0.6 is 0 Å². The van der Waals surface area contributed by atoms with Crippen LogP contribution in [0.3, 0.4) is 0 Å². The zero-order valence-electron chi connectivity index (χ0n) is 17.8. The van der Waals surface area contributed by atoms with E-state index in [2.05, 4.69) is 6.58 Å². The van der Waals surface area contributed by atoms with Gasteiger partial charge in [0.05, 0.1) is 6.10 Å². The third kappa shape index (κ3) is 6.83. The van der Waals surface area contributed by atoms with Gasteiger partial charge < -0.3 is 14.6 Å². The lowest BCUT2D eigenvalue weighted by atomic mass is 9.93. The monoisotopic (exact) mass is 416 g/mol. The van der Waals surface area contributed by atoms with Crippen molar-refractivity contribution in [1.29, 1.82) is 0 Å². The molecule has 0 aliphatic rings. The van der Waals surface area contributed by atoms with Crippen LogP contribution in [0.25, 0.3) is 0 Å². The zero-order valence-corrected chi connectivity index (χ0v) is 17.8. The highest BCUT2D eigenvalue weighted by molar-refractivity contribution is 5.88. The van der Waals surface area contributed by atoms with E-state index in [0.717, 1.165) is 28.0 Å². The minimum Gasteiger partial charge on any atom is -0.491 e. The molecule has 4 nitrogen and oxygen atoms in total. The molecule has 1 N–H and O–H groups in total. The molecule has 1 unspecified atom stereocenters. The summed E-state index contributed by atoms with van der Waals surface area (Å²) in [7, 11) is 0. The van der Waals surface area contributed by atoms with Crippen LogP contribution in [0.4, 0.5) is 0 Å². The minimum absolute atomic E-state index is 0.192. The molecule has 0 bridgehead atoms. The lowest BCUT2D eigenvalue weighted by Crippen LogP contribution is -2.21. The largest absolute Gasteiger partial charge is 0.491 e. The molecule has 3 aromatic carbocycles. The maximum absolute atomic E-state index is 12.4. The second-order valence-electron chi connectivity index (χ2n) is 7.54. The van der Waals surface area contributed by atoms with Gasteiger partial charge in [0, 0.05) is 18.4 Å². The number of aliphatic hydroxyl groups is 1. The minimum atomic E-state index is -0.668. The fourth-order valence-electron chi connectivity index (χ4n) is 3.34. The number of hydrogen-bond donors (Lipinski definition) is 1. The second-order valence-corrected chi connectivity index (χ2v) is 7.54. The molecule has 0 aliphatic heterocycles. The van der Waals surface area contributed by atoms with Crippen molar-refractivity contribution < 1.29 is 19.4 Å². The van der Waals surface area contributed by atoms with Crippen LogP contribution in [0.15, 0.2) is 91.0 Å². The van der Waals surface area contributed by atoms with Crippen molar-refractivity contribution in [2.24, 2.45) is 0 Å². The second kappa shape index (κ2) is 11.1. The molecule has 31 heavy (non-hydrogen) atoms. The van der Waals surface area contributed by atoms with Crippen molar-refractivity contribution in [3.05, 3.63) is 113 Å². The van der Waals surface area contributed by atoms with Crippen LogP contribution in [0.2, 0.25) is 0 Å². The summed E-state index contributed by atoms with van der Waals surface area (Å²) in [5.41, 5.74) is 4.33. The van der Waals surface area contributed by atoms with E-state index in [9.17, 15) is 9.90 Å². The Hall–Kier alpha value is -3.37. The molecule has 0 saturated carbocycles. The number of esters is 1. The van der Waals surface area contributed by atoms with Gasteiger partial charge in [0.15, 0.2) is 0 Å². The van der Waals surface area contributed by atoms with Gasteiger partial charge in [-0.15, -0.1) is 0 Å². The van der Waals surface area contributed by atoms with E-state index in [-0.39, 0.29) is 13.2 Å². The summed E-state index contributed by atoms with van der Waals surface area (Å²) < 4.78 is 11.1. The van der Waals surface area contributed by atoms with Gasteiger partial charge in [-0.25, -0.2) is 4.79 Å². The molecular weight excluding hydrogens is 388 g/mol. The molecule has 0 amide bonds. The van der Waals surface area contributed by atoms with Crippen molar-refractivity contribution >= 4 is 5.97 Å². The summed E-state index contributed by atoms with van der Waals surface area (Å²) in [4.78, 5) is 12.4. The summed E-state index contributed by atoms with van der Waals surface area (Å²) >= 11 is 0. The summed E-state index contributed by atoms with van der Waals surface area (Å²) in [5.74, 6) is 0.312. The predicted molar refractivity (Wildman–Crippen MR) is 122 cm³/mol. The maximum atomic E-state index is 12.4. The average molecular weight is 417 g/mol. The highest BCUT2D eigenvalue weighted by Gasteiger charge is 2.16. The van der Waals surface area contributed by atoms with Gasteiger partial charge in [-0.3, -0.25) is 0 Å². The van der Waals surface area contributed by atoms with Crippen molar-refractivity contribution in [1.82, 2.24) is 0 Å². The Bertz CT molecular complexity index is 996. The molecule has 0 fully saturated rings. The number of carbonyl (C=O) groups is 1. The van der Waals surface area contributed by atoms with Crippen molar-refractivity contribution in [3.8, 4) is 5.75 Å². The number of aliphatic hydroxyl groups excluding tert-OH is 1. The molecule has 1 atom stereocenters. The smallest absolute Gasteiger partial charge is 0.334 e. The normalized spacial score (nSPS) is 11.5. The van der Waals surface area contributed by atoms with Gasteiger partial charge in [-0.2, -0.15) is 0 Å². The summed E-state index contributed by atoms with van der Waals surface area (Å²) in [6.45, 7) is 6.34. The molecule has 3 aromatic rings. The third-order valence-corrected chi connectivity index (χ3v) is 5.04. The van der Waals surface area contributed by atoms with Gasteiger partial charge in [0.2, 0.25) is 0 Å². The Morgan fingerprint density at radius 2 is 1.65 bits per heavy atom. The topological polar surface area (TPSA) is 55.8 Å².